The summed E-state index contributed by atoms with van der Waals surface area (Å²) in [6.07, 6.45) is 2.53. The van der Waals surface area contributed by atoms with E-state index >= 15 is 0 Å². The summed E-state index contributed by atoms with van der Waals surface area (Å²) in [6.45, 7) is 3.39. The quantitative estimate of drug-likeness (QED) is 0.581. The molecular formula is C18H14F2N6O. The van der Waals surface area contributed by atoms with Gasteiger partial charge in [-0.2, -0.15) is 10.2 Å². The van der Waals surface area contributed by atoms with Gasteiger partial charge in [0, 0.05) is 5.69 Å². The molecule has 3 aromatic heterocycles. The van der Waals surface area contributed by atoms with Crippen LogP contribution in [0.15, 0.2) is 36.7 Å². The Morgan fingerprint density at radius 2 is 2.04 bits per heavy atom. The van der Waals surface area contributed by atoms with Crippen LogP contribution in [-0.4, -0.2) is 30.7 Å². The van der Waals surface area contributed by atoms with E-state index in [2.05, 4.69) is 25.6 Å². The predicted molar refractivity (Wildman–Crippen MR) is 94.4 cm³/mol. The number of halogens is 2. The van der Waals surface area contributed by atoms with E-state index in [0.717, 1.165) is 0 Å². The van der Waals surface area contributed by atoms with Crippen molar-refractivity contribution >= 4 is 17.1 Å². The second-order valence-electron chi connectivity index (χ2n) is 6.08. The van der Waals surface area contributed by atoms with Crippen LogP contribution in [-0.2, 0) is 0 Å². The molecule has 136 valence electrons. The standard InChI is InChI=1S/C18H14F2N6O/c1-9-5-14(20)12(17-22-10(2)24-25-17)6-15(9)23-18(27)13-7-21-26-8-11(19)3-4-16(13)26/h3-8H,1-2H3,(H,23,27)(H,22,24,25). The number of rotatable bonds is 3. The Hall–Kier alpha value is -3.62. The Morgan fingerprint density at radius 3 is 2.78 bits per heavy atom. The molecule has 4 rings (SSSR count). The van der Waals surface area contributed by atoms with Crippen molar-refractivity contribution in [3.05, 3.63) is 65.2 Å². The molecule has 0 spiro atoms. The van der Waals surface area contributed by atoms with Gasteiger partial charge in [0.05, 0.1) is 29.0 Å². The zero-order valence-corrected chi connectivity index (χ0v) is 14.4. The smallest absolute Gasteiger partial charge is 0.259 e. The molecular weight excluding hydrogens is 354 g/mol. The molecule has 0 aliphatic rings. The van der Waals surface area contributed by atoms with E-state index < -0.39 is 17.5 Å². The number of amides is 1. The number of aromatic nitrogens is 5. The molecule has 0 saturated carbocycles. The molecule has 0 bridgehead atoms. The summed E-state index contributed by atoms with van der Waals surface area (Å²) in [5.41, 5.74) is 1.86. The Kier molecular flexibility index (Phi) is 3.91. The number of aromatic amines is 1. The van der Waals surface area contributed by atoms with Crippen LogP contribution < -0.4 is 5.32 Å². The maximum absolute atomic E-state index is 14.3. The van der Waals surface area contributed by atoms with Gasteiger partial charge in [0.25, 0.3) is 5.91 Å². The number of aryl methyl sites for hydroxylation is 2. The van der Waals surface area contributed by atoms with Crippen molar-refractivity contribution in [1.29, 1.82) is 0 Å². The average molecular weight is 368 g/mol. The summed E-state index contributed by atoms with van der Waals surface area (Å²) in [7, 11) is 0. The van der Waals surface area contributed by atoms with Gasteiger partial charge in [0.15, 0.2) is 5.82 Å². The number of carbonyl (C=O) groups is 1. The fraction of sp³-hybridized carbons (Fsp3) is 0.111. The molecule has 27 heavy (non-hydrogen) atoms. The first-order valence-corrected chi connectivity index (χ1v) is 8.06. The number of hydrogen-bond acceptors (Lipinski definition) is 4. The minimum Gasteiger partial charge on any atom is -0.322 e. The molecule has 1 aromatic carbocycles. The predicted octanol–water partition coefficient (Wildman–Crippen LogP) is 3.27. The Balaban J connectivity index is 1.70. The van der Waals surface area contributed by atoms with Crippen LogP contribution in [0.4, 0.5) is 14.5 Å². The van der Waals surface area contributed by atoms with Crippen LogP contribution in [0.3, 0.4) is 0 Å². The molecule has 4 aromatic rings. The van der Waals surface area contributed by atoms with Gasteiger partial charge in [-0.1, -0.05) is 0 Å². The summed E-state index contributed by atoms with van der Waals surface area (Å²) in [5.74, 6) is -0.640. The normalized spacial score (nSPS) is 11.1. The molecule has 2 N–H and O–H groups in total. The Morgan fingerprint density at radius 1 is 1.22 bits per heavy atom. The van der Waals surface area contributed by atoms with Crippen LogP contribution >= 0.6 is 0 Å². The number of nitrogens with one attached hydrogen (secondary N) is 2. The topological polar surface area (TPSA) is 88.0 Å². The first-order chi connectivity index (χ1) is 12.9. The number of pyridine rings is 1. The number of nitrogens with zero attached hydrogens (tertiary/aromatic N) is 4. The third kappa shape index (κ3) is 3.03. The zero-order chi connectivity index (χ0) is 19.1. The Bertz CT molecular complexity index is 1180. The van der Waals surface area contributed by atoms with Crippen molar-refractivity contribution in [2.24, 2.45) is 0 Å². The SMILES string of the molecule is Cc1nc(-c2cc(NC(=O)c3cnn4cc(F)ccc34)c(C)cc2F)n[nH]1. The first-order valence-electron chi connectivity index (χ1n) is 8.06. The highest BCUT2D eigenvalue weighted by molar-refractivity contribution is 6.09. The highest BCUT2D eigenvalue weighted by atomic mass is 19.1. The largest absolute Gasteiger partial charge is 0.322 e. The maximum atomic E-state index is 14.3. The van der Waals surface area contributed by atoms with E-state index in [0.29, 0.717) is 22.6 Å². The van der Waals surface area contributed by atoms with Gasteiger partial charge < -0.3 is 5.32 Å². The summed E-state index contributed by atoms with van der Waals surface area (Å²) < 4.78 is 28.9. The third-order valence-electron chi connectivity index (χ3n) is 4.13. The van der Waals surface area contributed by atoms with Crippen molar-refractivity contribution in [2.75, 3.05) is 5.32 Å². The van der Waals surface area contributed by atoms with Crippen molar-refractivity contribution in [2.45, 2.75) is 13.8 Å². The molecule has 7 nitrogen and oxygen atoms in total. The summed E-state index contributed by atoms with van der Waals surface area (Å²) >= 11 is 0. The van der Waals surface area contributed by atoms with E-state index in [1.165, 1.54) is 41.2 Å². The van der Waals surface area contributed by atoms with Crippen molar-refractivity contribution < 1.29 is 13.6 Å². The number of H-pyrrole nitrogens is 1. The van der Waals surface area contributed by atoms with Crippen LogP contribution in [0.5, 0.6) is 0 Å². The zero-order valence-electron chi connectivity index (χ0n) is 14.4. The summed E-state index contributed by atoms with van der Waals surface area (Å²) in [5, 5.41) is 13.3. The second kappa shape index (κ2) is 6.27. The Labute approximate surface area is 152 Å². The lowest BCUT2D eigenvalue weighted by molar-refractivity contribution is 0.102. The minimum atomic E-state index is -0.490. The van der Waals surface area contributed by atoms with Crippen molar-refractivity contribution in [3.63, 3.8) is 0 Å². The molecule has 0 fully saturated rings. The van der Waals surface area contributed by atoms with Crippen LogP contribution in [0.1, 0.15) is 21.7 Å². The van der Waals surface area contributed by atoms with Crippen LogP contribution in [0.2, 0.25) is 0 Å². The molecule has 1 amide bonds. The number of anilines is 1. The third-order valence-corrected chi connectivity index (χ3v) is 4.13. The molecule has 3 heterocycles. The summed E-state index contributed by atoms with van der Waals surface area (Å²) in [4.78, 5) is 16.8. The highest BCUT2D eigenvalue weighted by Crippen LogP contribution is 2.27. The van der Waals surface area contributed by atoms with E-state index in [9.17, 15) is 13.6 Å². The molecule has 0 atom stereocenters. The lowest BCUT2D eigenvalue weighted by Crippen LogP contribution is -2.13. The van der Waals surface area contributed by atoms with E-state index in [4.69, 9.17) is 0 Å². The van der Waals surface area contributed by atoms with Crippen molar-refractivity contribution in [3.8, 4) is 11.4 Å². The molecule has 0 aliphatic heterocycles. The van der Waals surface area contributed by atoms with Crippen molar-refractivity contribution in [1.82, 2.24) is 24.8 Å². The van der Waals surface area contributed by atoms with Gasteiger partial charge in [-0.3, -0.25) is 9.89 Å². The highest BCUT2D eigenvalue weighted by Gasteiger charge is 2.17. The number of hydrogen-bond donors (Lipinski definition) is 2. The molecule has 0 radical (unpaired) electrons. The van der Waals surface area contributed by atoms with Crippen LogP contribution in [0, 0.1) is 25.5 Å². The fourth-order valence-corrected chi connectivity index (χ4v) is 2.77. The second-order valence-corrected chi connectivity index (χ2v) is 6.08. The minimum absolute atomic E-state index is 0.169. The average Bonchev–Trinajstić information content (AvgIpc) is 3.23. The van der Waals surface area contributed by atoms with E-state index in [1.54, 1.807) is 13.8 Å². The number of benzene rings is 1. The molecule has 0 unspecified atom stereocenters. The number of carbonyl (C=O) groups excluding carboxylic acids is 1. The summed E-state index contributed by atoms with van der Waals surface area (Å²) in [6, 6.07) is 5.51. The maximum Gasteiger partial charge on any atom is 0.259 e. The monoisotopic (exact) mass is 368 g/mol. The molecule has 0 saturated heterocycles. The van der Waals surface area contributed by atoms with Gasteiger partial charge in [-0.25, -0.2) is 18.3 Å². The number of fused-ring (bicyclic) bond motifs is 1. The van der Waals surface area contributed by atoms with Gasteiger partial charge in [-0.05, 0) is 43.7 Å². The van der Waals surface area contributed by atoms with Crippen LogP contribution in [0.25, 0.3) is 16.9 Å². The lowest BCUT2D eigenvalue weighted by atomic mass is 10.1. The van der Waals surface area contributed by atoms with E-state index in [-0.39, 0.29) is 17.0 Å². The van der Waals surface area contributed by atoms with Gasteiger partial charge in [0.1, 0.15) is 17.5 Å². The lowest BCUT2D eigenvalue weighted by Gasteiger charge is -2.10. The molecule has 0 aliphatic carbocycles. The van der Waals surface area contributed by atoms with E-state index in [1.807, 2.05) is 0 Å². The van der Waals surface area contributed by atoms with Gasteiger partial charge >= 0.3 is 0 Å². The first kappa shape index (κ1) is 16.8. The van der Waals surface area contributed by atoms with Gasteiger partial charge in [-0.15, -0.1) is 0 Å². The van der Waals surface area contributed by atoms with Gasteiger partial charge in [0.2, 0.25) is 0 Å². The molecule has 9 heteroatoms. The fourth-order valence-electron chi connectivity index (χ4n) is 2.77.